The molecule has 1 N–H and O–H groups in total. The van der Waals surface area contributed by atoms with Crippen LogP contribution in [-0.2, 0) is 6.54 Å². The first kappa shape index (κ1) is 16.3. The van der Waals surface area contributed by atoms with E-state index >= 15 is 0 Å². The molecule has 1 atom stereocenters. The number of para-hydroxylation sites is 1. The molecule has 0 bridgehead atoms. The molecule has 1 saturated heterocycles. The number of aromatic nitrogens is 3. The SMILES string of the molecule is O=C(NCc1ncnn1-c1ccccc1)N1CCC[C@H]1c1ccccc1. The van der Waals surface area contributed by atoms with Crippen LogP contribution in [0.25, 0.3) is 5.69 Å². The number of benzene rings is 2. The van der Waals surface area contributed by atoms with Gasteiger partial charge in [0.1, 0.15) is 6.33 Å². The maximum Gasteiger partial charge on any atom is 0.318 e. The van der Waals surface area contributed by atoms with E-state index < -0.39 is 0 Å². The molecular weight excluding hydrogens is 326 g/mol. The van der Waals surface area contributed by atoms with Gasteiger partial charge in [-0.2, -0.15) is 5.10 Å². The van der Waals surface area contributed by atoms with E-state index in [2.05, 4.69) is 27.5 Å². The average molecular weight is 347 g/mol. The molecule has 4 rings (SSSR count). The maximum atomic E-state index is 12.7. The lowest BCUT2D eigenvalue weighted by Crippen LogP contribution is -2.39. The lowest BCUT2D eigenvalue weighted by molar-refractivity contribution is 0.192. The number of urea groups is 1. The Kier molecular flexibility index (Phi) is 4.64. The minimum absolute atomic E-state index is 0.0565. The zero-order valence-electron chi connectivity index (χ0n) is 14.5. The summed E-state index contributed by atoms with van der Waals surface area (Å²) in [6.07, 6.45) is 3.53. The number of carbonyl (C=O) groups excluding carboxylic acids is 1. The van der Waals surface area contributed by atoms with Crippen molar-refractivity contribution in [2.75, 3.05) is 6.54 Å². The van der Waals surface area contributed by atoms with Gasteiger partial charge < -0.3 is 10.2 Å². The van der Waals surface area contributed by atoms with Crippen molar-refractivity contribution >= 4 is 6.03 Å². The smallest absolute Gasteiger partial charge is 0.318 e. The summed E-state index contributed by atoms with van der Waals surface area (Å²) in [5, 5.41) is 7.27. The highest BCUT2D eigenvalue weighted by molar-refractivity contribution is 5.75. The van der Waals surface area contributed by atoms with Gasteiger partial charge in [0.15, 0.2) is 5.82 Å². The Morgan fingerprint density at radius 2 is 1.81 bits per heavy atom. The van der Waals surface area contributed by atoms with Gasteiger partial charge in [-0.3, -0.25) is 0 Å². The Bertz CT molecular complexity index is 862. The Hall–Kier alpha value is -3.15. The Balaban J connectivity index is 1.44. The number of amides is 2. The summed E-state index contributed by atoms with van der Waals surface area (Å²) >= 11 is 0. The minimum atomic E-state index is -0.0565. The minimum Gasteiger partial charge on any atom is -0.331 e. The van der Waals surface area contributed by atoms with Crippen molar-refractivity contribution in [3.05, 3.63) is 78.4 Å². The Labute approximate surface area is 152 Å². The number of nitrogens with zero attached hydrogens (tertiary/aromatic N) is 4. The number of carbonyl (C=O) groups is 1. The van der Waals surface area contributed by atoms with Gasteiger partial charge in [0, 0.05) is 6.54 Å². The molecule has 3 aromatic rings. The summed E-state index contributed by atoms with van der Waals surface area (Å²) in [6, 6.07) is 20.1. The summed E-state index contributed by atoms with van der Waals surface area (Å²) in [7, 11) is 0. The van der Waals surface area contributed by atoms with Gasteiger partial charge in [0.05, 0.1) is 18.3 Å². The lowest BCUT2D eigenvalue weighted by Gasteiger charge is -2.25. The van der Waals surface area contributed by atoms with Crippen molar-refractivity contribution in [1.29, 1.82) is 0 Å². The van der Waals surface area contributed by atoms with Gasteiger partial charge in [-0.15, -0.1) is 0 Å². The number of likely N-dealkylation sites (tertiary alicyclic amines) is 1. The molecule has 6 nitrogen and oxygen atoms in total. The second kappa shape index (κ2) is 7.39. The fourth-order valence-electron chi connectivity index (χ4n) is 3.46. The average Bonchev–Trinajstić information content (AvgIpc) is 3.37. The topological polar surface area (TPSA) is 63.1 Å². The molecule has 1 aliphatic heterocycles. The molecule has 0 spiro atoms. The van der Waals surface area contributed by atoms with E-state index in [4.69, 9.17) is 0 Å². The molecule has 1 aromatic heterocycles. The van der Waals surface area contributed by atoms with Gasteiger partial charge in [-0.1, -0.05) is 48.5 Å². The third-order valence-corrected chi connectivity index (χ3v) is 4.71. The molecule has 6 heteroatoms. The lowest BCUT2D eigenvalue weighted by atomic mass is 10.1. The molecule has 26 heavy (non-hydrogen) atoms. The predicted octanol–water partition coefficient (Wildman–Crippen LogP) is 3.31. The second-order valence-corrected chi connectivity index (χ2v) is 6.34. The standard InChI is InChI=1S/C20H21N5O/c26-20(24-13-7-12-18(24)16-8-3-1-4-9-16)21-14-19-22-15-23-25(19)17-10-5-2-6-11-17/h1-6,8-11,15,18H,7,12-14H2,(H,21,26)/t18-/m0/s1. The predicted molar refractivity (Wildman–Crippen MR) is 98.7 cm³/mol. The zero-order chi connectivity index (χ0) is 17.8. The summed E-state index contributed by atoms with van der Waals surface area (Å²) in [5.41, 5.74) is 2.12. The molecule has 2 heterocycles. The normalized spacial score (nSPS) is 16.6. The van der Waals surface area contributed by atoms with Gasteiger partial charge in [-0.05, 0) is 30.5 Å². The van der Waals surface area contributed by atoms with Crippen molar-refractivity contribution in [3.63, 3.8) is 0 Å². The van der Waals surface area contributed by atoms with Crippen LogP contribution in [-0.4, -0.2) is 32.2 Å². The summed E-state index contributed by atoms with van der Waals surface area (Å²) in [4.78, 5) is 18.9. The molecule has 0 aliphatic carbocycles. The molecule has 132 valence electrons. The summed E-state index contributed by atoms with van der Waals surface area (Å²) < 4.78 is 1.75. The number of hydrogen-bond acceptors (Lipinski definition) is 3. The quantitative estimate of drug-likeness (QED) is 0.787. The third kappa shape index (κ3) is 3.31. The van der Waals surface area contributed by atoms with E-state index in [1.54, 1.807) is 4.68 Å². The number of hydrogen-bond donors (Lipinski definition) is 1. The van der Waals surface area contributed by atoms with Crippen molar-refractivity contribution in [2.45, 2.75) is 25.4 Å². The van der Waals surface area contributed by atoms with Crippen molar-refractivity contribution < 1.29 is 4.79 Å². The molecule has 0 saturated carbocycles. The van der Waals surface area contributed by atoms with Crippen LogP contribution in [0.2, 0.25) is 0 Å². The molecular formula is C20H21N5O. The van der Waals surface area contributed by atoms with Gasteiger partial charge in [-0.25, -0.2) is 14.5 Å². The van der Waals surface area contributed by atoms with Crippen molar-refractivity contribution in [2.24, 2.45) is 0 Å². The van der Waals surface area contributed by atoms with E-state index in [-0.39, 0.29) is 12.1 Å². The molecule has 1 aliphatic rings. The van der Waals surface area contributed by atoms with Gasteiger partial charge >= 0.3 is 6.03 Å². The van der Waals surface area contributed by atoms with Crippen molar-refractivity contribution in [3.8, 4) is 5.69 Å². The second-order valence-electron chi connectivity index (χ2n) is 6.34. The molecule has 1 fully saturated rings. The first-order chi connectivity index (χ1) is 12.8. The van der Waals surface area contributed by atoms with Crippen LogP contribution in [0.4, 0.5) is 4.79 Å². The molecule has 0 unspecified atom stereocenters. The fraction of sp³-hybridized carbons (Fsp3) is 0.250. The monoisotopic (exact) mass is 347 g/mol. The highest BCUT2D eigenvalue weighted by Gasteiger charge is 2.29. The van der Waals surface area contributed by atoms with E-state index in [0.29, 0.717) is 12.4 Å². The van der Waals surface area contributed by atoms with E-state index in [9.17, 15) is 4.79 Å². The fourth-order valence-corrected chi connectivity index (χ4v) is 3.46. The van der Waals surface area contributed by atoms with Crippen LogP contribution in [0, 0.1) is 0 Å². The van der Waals surface area contributed by atoms with Crippen LogP contribution in [0.15, 0.2) is 67.0 Å². The largest absolute Gasteiger partial charge is 0.331 e. The van der Waals surface area contributed by atoms with Crippen LogP contribution in [0.3, 0.4) is 0 Å². The van der Waals surface area contributed by atoms with Gasteiger partial charge in [0.25, 0.3) is 0 Å². The highest BCUT2D eigenvalue weighted by atomic mass is 16.2. The first-order valence-electron chi connectivity index (χ1n) is 8.86. The van der Waals surface area contributed by atoms with E-state index in [1.165, 1.54) is 11.9 Å². The van der Waals surface area contributed by atoms with Gasteiger partial charge in [0.2, 0.25) is 0 Å². The van der Waals surface area contributed by atoms with E-state index in [1.807, 2.05) is 53.4 Å². The highest BCUT2D eigenvalue weighted by Crippen LogP contribution is 2.31. The summed E-state index contributed by atoms with van der Waals surface area (Å²) in [5.74, 6) is 0.708. The Morgan fingerprint density at radius 3 is 2.58 bits per heavy atom. The van der Waals surface area contributed by atoms with Crippen LogP contribution in [0.1, 0.15) is 30.3 Å². The first-order valence-corrected chi connectivity index (χ1v) is 8.86. The maximum absolute atomic E-state index is 12.7. The molecule has 2 amide bonds. The van der Waals surface area contributed by atoms with E-state index in [0.717, 1.165) is 25.1 Å². The van der Waals surface area contributed by atoms with Crippen LogP contribution in [0.5, 0.6) is 0 Å². The number of nitrogens with one attached hydrogen (secondary N) is 1. The zero-order valence-corrected chi connectivity index (χ0v) is 14.5. The molecule has 0 radical (unpaired) electrons. The Morgan fingerprint density at radius 1 is 1.08 bits per heavy atom. The third-order valence-electron chi connectivity index (χ3n) is 4.71. The summed E-state index contributed by atoms with van der Waals surface area (Å²) in [6.45, 7) is 1.11. The van der Waals surface area contributed by atoms with Crippen LogP contribution >= 0.6 is 0 Å². The number of rotatable bonds is 4. The van der Waals surface area contributed by atoms with Crippen LogP contribution < -0.4 is 5.32 Å². The van der Waals surface area contributed by atoms with Crippen molar-refractivity contribution in [1.82, 2.24) is 25.0 Å². The molecule has 2 aromatic carbocycles.